The molecule has 0 N–H and O–H groups in total. The summed E-state index contributed by atoms with van der Waals surface area (Å²) in [5.41, 5.74) is 1.06. The molecule has 2 aromatic carbocycles. The quantitative estimate of drug-likeness (QED) is 0.651. The number of hydrogen-bond donors (Lipinski definition) is 0. The normalized spacial score (nSPS) is 12.3. The van der Waals surface area contributed by atoms with Crippen LogP contribution in [-0.4, -0.2) is 7.11 Å². The fraction of sp³-hybridized carbons (Fsp3) is 0.143. The van der Waals surface area contributed by atoms with Crippen molar-refractivity contribution in [1.29, 1.82) is 0 Å². The molecule has 0 amide bonds. The van der Waals surface area contributed by atoms with Crippen molar-refractivity contribution in [3.8, 4) is 5.75 Å². The Labute approximate surface area is 126 Å². The van der Waals surface area contributed by atoms with Crippen LogP contribution in [0.2, 0.25) is 0 Å². The Hall–Kier alpha value is -0.940. The smallest absolute Gasteiger partial charge is 0.165 e. The Morgan fingerprint density at radius 1 is 1.16 bits per heavy atom. The first-order chi connectivity index (χ1) is 9.04. The summed E-state index contributed by atoms with van der Waals surface area (Å²) in [5.74, 6) is -0.668. The molecule has 0 aromatic heterocycles. The molecule has 0 saturated carbocycles. The van der Waals surface area contributed by atoms with Crippen LogP contribution in [0.4, 0.5) is 8.78 Å². The highest BCUT2D eigenvalue weighted by Crippen LogP contribution is 2.35. The molecule has 1 unspecified atom stereocenters. The number of halogens is 4. The van der Waals surface area contributed by atoms with Crippen LogP contribution in [0, 0.1) is 11.6 Å². The third-order valence-electron chi connectivity index (χ3n) is 2.72. The SMILES string of the molecule is COc1ccc(C(Br)c2cccc(Br)c2F)cc1F. The van der Waals surface area contributed by atoms with E-state index in [0.717, 1.165) is 0 Å². The van der Waals surface area contributed by atoms with Gasteiger partial charge in [0, 0.05) is 5.56 Å². The maximum Gasteiger partial charge on any atom is 0.165 e. The minimum Gasteiger partial charge on any atom is -0.494 e. The lowest BCUT2D eigenvalue weighted by Crippen LogP contribution is -1.99. The summed E-state index contributed by atoms with van der Waals surface area (Å²) in [7, 11) is 1.40. The van der Waals surface area contributed by atoms with Crippen LogP contribution in [0.15, 0.2) is 40.9 Å². The van der Waals surface area contributed by atoms with E-state index in [0.29, 0.717) is 15.6 Å². The first-order valence-corrected chi connectivity index (χ1v) is 7.17. The van der Waals surface area contributed by atoms with Gasteiger partial charge in [-0.25, -0.2) is 8.78 Å². The predicted octanol–water partition coefficient (Wildman–Crippen LogP) is 5.22. The summed E-state index contributed by atoms with van der Waals surface area (Å²) in [6.07, 6.45) is 0. The van der Waals surface area contributed by atoms with Crippen LogP contribution in [0.25, 0.3) is 0 Å². The second-order valence-electron chi connectivity index (χ2n) is 3.90. The van der Waals surface area contributed by atoms with Crippen LogP contribution >= 0.6 is 31.9 Å². The molecular formula is C14H10Br2F2O. The molecule has 0 saturated heterocycles. The van der Waals surface area contributed by atoms with E-state index >= 15 is 0 Å². The minimum absolute atomic E-state index is 0.165. The second kappa shape index (κ2) is 6.01. The standard InChI is InChI=1S/C14H10Br2F2O/c1-19-12-6-5-8(7-11(12)17)13(16)9-3-2-4-10(15)14(9)18/h2-7,13H,1H3. The van der Waals surface area contributed by atoms with Crippen LogP contribution in [0.1, 0.15) is 16.0 Å². The maximum atomic E-state index is 14.0. The van der Waals surface area contributed by atoms with Crippen molar-refractivity contribution in [3.63, 3.8) is 0 Å². The fourth-order valence-corrected chi connectivity index (χ4v) is 2.76. The van der Waals surface area contributed by atoms with E-state index in [-0.39, 0.29) is 11.6 Å². The molecule has 0 spiro atoms. The van der Waals surface area contributed by atoms with Crippen LogP contribution < -0.4 is 4.74 Å². The number of alkyl halides is 1. The molecule has 1 nitrogen and oxygen atoms in total. The Morgan fingerprint density at radius 2 is 1.89 bits per heavy atom. The molecule has 0 aliphatic heterocycles. The van der Waals surface area contributed by atoms with Crippen molar-refractivity contribution in [2.75, 3.05) is 7.11 Å². The molecule has 0 fully saturated rings. The van der Waals surface area contributed by atoms with Gasteiger partial charge in [-0.1, -0.05) is 34.1 Å². The Bertz CT molecular complexity index is 602. The number of hydrogen-bond acceptors (Lipinski definition) is 1. The van der Waals surface area contributed by atoms with E-state index in [4.69, 9.17) is 4.74 Å². The number of methoxy groups -OCH3 is 1. The first kappa shape index (κ1) is 14.5. The lowest BCUT2D eigenvalue weighted by molar-refractivity contribution is 0.386. The molecular weight excluding hydrogens is 382 g/mol. The van der Waals surface area contributed by atoms with Gasteiger partial charge in [-0.2, -0.15) is 0 Å². The first-order valence-electron chi connectivity index (χ1n) is 5.46. The van der Waals surface area contributed by atoms with E-state index in [9.17, 15) is 8.78 Å². The van der Waals surface area contributed by atoms with Crippen LogP contribution in [0.5, 0.6) is 5.75 Å². The summed E-state index contributed by atoms with van der Waals surface area (Å²) in [6, 6.07) is 9.56. The predicted molar refractivity (Wildman–Crippen MR) is 77.8 cm³/mol. The zero-order valence-corrected chi connectivity index (χ0v) is 13.1. The monoisotopic (exact) mass is 390 g/mol. The molecule has 0 heterocycles. The van der Waals surface area contributed by atoms with E-state index in [1.165, 1.54) is 19.2 Å². The summed E-state index contributed by atoms with van der Waals surface area (Å²) in [4.78, 5) is -0.426. The topological polar surface area (TPSA) is 9.23 Å². The van der Waals surface area contributed by atoms with E-state index < -0.39 is 10.6 Å². The number of benzene rings is 2. The van der Waals surface area contributed by atoms with E-state index in [1.807, 2.05) is 0 Å². The molecule has 19 heavy (non-hydrogen) atoms. The van der Waals surface area contributed by atoms with Crippen molar-refractivity contribution in [2.45, 2.75) is 4.83 Å². The van der Waals surface area contributed by atoms with Gasteiger partial charge in [-0.15, -0.1) is 0 Å². The largest absolute Gasteiger partial charge is 0.494 e. The Balaban J connectivity index is 2.41. The zero-order valence-electron chi connectivity index (χ0n) is 9.96. The van der Waals surface area contributed by atoms with E-state index in [2.05, 4.69) is 31.9 Å². The molecule has 2 rings (SSSR count). The van der Waals surface area contributed by atoms with Gasteiger partial charge in [0.1, 0.15) is 5.82 Å². The van der Waals surface area contributed by atoms with Crippen molar-refractivity contribution in [3.05, 3.63) is 63.6 Å². The third-order valence-corrected chi connectivity index (χ3v) is 4.36. The van der Waals surface area contributed by atoms with Gasteiger partial charge in [0.05, 0.1) is 16.4 Å². The van der Waals surface area contributed by atoms with Gasteiger partial charge in [-0.05, 0) is 39.7 Å². The summed E-state index contributed by atoms with van der Waals surface area (Å²) in [5, 5.41) is 0. The lowest BCUT2D eigenvalue weighted by Gasteiger charge is -2.13. The molecule has 0 bridgehead atoms. The number of ether oxygens (including phenoxy) is 1. The van der Waals surface area contributed by atoms with Crippen LogP contribution in [0.3, 0.4) is 0 Å². The molecule has 100 valence electrons. The fourth-order valence-electron chi connectivity index (χ4n) is 1.74. The molecule has 1 atom stereocenters. The number of rotatable bonds is 3. The van der Waals surface area contributed by atoms with Gasteiger partial charge in [-0.3, -0.25) is 0 Å². The van der Waals surface area contributed by atoms with Crippen LogP contribution in [-0.2, 0) is 0 Å². The van der Waals surface area contributed by atoms with Crippen molar-refractivity contribution in [1.82, 2.24) is 0 Å². The van der Waals surface area contributed by atoms with Crippen molar-refractivity contribution < 1.29 is 13.5 Å². The summed E-state index contributed by atoms with van der Waals surface area (Å²) >= 11 is 6.53. The van der Waals surface area contributed by atoms with Gasteiger partial charge < -0.3 is 4.74 Å². The highest BCUT2D eigenvalue weighted by Gasteiger charge is 2.18. The molecule has 2 aromatic rings. The molecule has 5 heteroatoms. The second-order valence-corrected chi connectivity index (χ2v) is 5.67. The average Bonchev–Trinajstić information content (AvgIpc) is 2.41. The maximum absolute atomic E-state index is 14.0. The molecule has 0 aliphatic rings. The average molecular weight is 392 g/mol. The lowest BCUT2D eigenvalue weighted by atomic mass is 10.0. The third kappa shape index (κ3) is 2.98. The molecule has 0 aliphatic carbocycles. The van der Waals surface area contributed by atoms with Crippen molar-refractivity contribution >= 4 is 31.9 Å². The van der Waals surface area contributed by atoms with Gasteiger partial charge in [0.15, 0.2) is 11.6 Å². The Kier molecular flexibility index (Phi) is 4.58. The molecule has 0 radical (unpaired) electrons. The summed E-state index contributed by atoms with van der Waals surface area (Å²) in [6.45, 7) is 0. The van der Waals surface area contributed by atoms with Crippen molar-refractivity contribution in [2.24, 2.45) is 0 Å². The highest BCUT2D eigenvalue weighted by atomic mass is 79.9. The van der Waals surface area contributed by atoms with Gasteiger partial charge in [0.25, 0.3) is 0 Å². The summed E-state index contributed by atoms with van der Waals surface area (Å²) < 4.78 is 32.9. The van der Waals surface area contributed by atoms with E-state index in [1.54, 1.807) is 24.3 Å². The van der Waals surface area contributed by atoms with Gasteiger partial charge in [0.2, 0.25) is 0 Å². The zero-order chi connectivity index (χ0) is 14.0. The van der Waals surface area contributed by atoms with Gasteiger partial charge >= 0.3 is 0 Å². The highest BCUT2D eigenvalue weighted by molar-refractivity contribution is 9.10. The Morgan fingerprint density at radius 3 is 2.53 bits per heavy atom. The minimum atomic E-state index is -0.472.